The molecule has 0 atom stereocenters. The van der Waals surface area contributed by atoms with Crippen LogP contribution in [-0.2, 0) is 0 Å². The second kappa shape index (κ2) is 41.9. The van der Waals surface area contributed by atoms with Crippen molar-refractivity contribution in [3.05, 3.63) is 255 Å². The van der Waals surface area contributed by atoms with Crippen molar-refractivity contribution in [2.45, 2.75) is 77.0 Å². The van der Waals surface area contributed by atoms with Gasteiger partial charge in [-0.3, -0.25) is 0 Å². The van der Waals surface area contributed by atoms with Gasteiger partial charge in [-0.25, -0.2) is 30.0 Å². The summed E-state index contributed by atoms with van der Waals surface area (Å²) in [6, 6.07) is 86.8. The van der Waals surface area contributed by atoms with Gasteiger partial charge in [0.1, 0.15) is 0 Å². The Hall–Kier alpha value is -8.88. The first-order valence-electron chi connectivity index (χ1n) is 34.8. The fourth-order valence-electron chi connectivity index (χ4n) is 11.2. The van der Waals surface area contributed by atoms with Crippen LogP contribution >= 0.6 is 70.6 Å². The molecule has 0 radical (unpaired) electrons. The van der Waals surface area contributed by atoms with Crippen LogP contribution in [0.2, 0.25) is 0 Å². The first-order valence-corrected chi connectivity index (χ1v) is 40.7. The Balaban J connectivity index is 0.000000165. The average Bonchev–Trinajstić information content (AvgIpc) is 0.898. The quantitative estimate of drug-likeness (QED) is 0.0160. The van der Waals surface area contributed by atoms with Crippen molar-refractivity contribution in [3.8, 4) is 0 Å². The maximum Gasteiger partial charge on any atom is 0.159 e. The molecular formula is C84H90N12S6. The van der Waals surface area contributed by atoms with Crippen LogP contribution in [0.1, 0.15) is 77.0 Å². The summed E-state index contributed by atoms with van der Waals surface area (Å²) in [5, 5.41) is 18.1. The molecule has 0 aliphatic carbocycles. The largest absolute Gasteiger partial charge is 0.378 e. The minimum Gasteiger partial charge on any atom is -0.378 e. The van der Waals surface area contributed by atoms with Gasteiger partial charge in [0.05, 0.1) is 34.1 Å². The van der Waals surface area contributed by atoms with Crippen molar-refractivity contribution >= 4 is 200 Å². The lowest BCUT2D eigenvalue weighted by Crippen LogP contribution is -2.08. The predicted octanol–water partition coefficient (Wildman–Crippen LogP) is 22.8. The zero-order chi connectivity index (χ0) is 70.8. The van der Waals surface area contributed by atoms with E-state index in [4.69, 9.17) is 34.4 Å². The highest BCUT2D eigenvalue weighted by molar-refractivity contribution is 8.15. The molecule has 0 amide bonds. The van der Waals surface area contributed by atoms with Gasteiger partial charge in [-0.05, 0) is 176 Å². The van der Waals surface area contributed by atoms with Crippen LogP contribution in [0.5, 0.6) is 0 Å². The van der Waals surface area contributed by atoms with Crippen molar-refractivity contribution in [2.75, 3.05) is 34.5 Å². The monoisotopic (exact) mass is 1460 g/mol. The molecule has 0 aliphatic heterocycles. The Morgan fingerprint density at radius 3 is 0.480 bits per heavy atom. The molecule has 0 aromatic heterocycles. The molecule has 0 saturated carbocycles. The molecular weight excluding hydrogens is 1370 g/mol. The molecule has 12 nitrogen and oxygen atoms in total. The van der Waals surface area contributed by atoms with E-state index in [1.165, 1.54) is 116 Å². The van der Waals surface area contributed by atoms with Gasteiger partial charge in [0, 0.05) is 34.5 Å². The van der Waals surface area contributed by atoms with E-state index in [0.717, 1.165) is 94.3 Å². The van der Waals surface area contributed by atoms with E-state index in [2.05, 4.69) is 176 Å². The number of amidine groups is 6. The molecule has 0 fully saturated rings. The predicted molar refractivity (Wildman–Crippen MR) is 462 cm³/mol. The SMILES string of the molecule is NC(=Nc1ccc2ccccc2c1)SCCCCCCCCSC(N)=Nc1ccc2ccccc2c1.NC(=Nc1ccc2ccccc2c1)SCCCCCCSC(N)=Nc1ccc2ccccc2c1.NC(=Nc1ccc2ccccc2c1)SCCCCSC(N)=Nc1ccc2ccccc2c1. The smallest absolute Gasteiger partial charge is 0.159 e. The van der Waals surface area contributed by atoms with Crippen LogP contribution in [0, 0.1) is 0 Å². The second-order valence-corrected chi connectivity index (χ2v) is 30.9. The first-order chi connectivity index (χ1) is 50.0. The number of aliphatic imine (C=N–C) groups is 6. The van der Waals surface area contributed by atoms with Crippen LogP contribution < -0.4 is 34.4 Å². The third kappa shape index (κ3) is 26.2. The summed E-state index contributed by atoms with van der Waals surface area (Å²) in [7, 11) is 0. The summed E-state index contributed by atoms with van der Waals surface area (Å²) in [5.74, 6) is 5.88. The van der Waals surface area contributed by atoms with Crippen LogP contribution in [0.4, 0.5) is 34.1 Å². The molecule has 18 heteroatoms. The number of fused-ring (bicyclic) bond motifs is 6. The third-order valence-corrected chi connectivity index (χ3v) is 21.7. The summed E-state index contributed by atoms with van der Waals surface area (Å²) in [5.41, 5.74) is 42.2. The number of hydrogen-bond donors (Lipinski definition) is 6. The summed E-state index contributed by atoms with van der Waals surface area (Å²) in [6.07, 6.45) is 14.0. The van der Waals surface area contributed by atoms with E-state index in [-0.39, 0.29) is 0 Å². The Bertz CT molecular complexity index is 4560. The van der Waals surface area contributed by atoms with Gasteiger partial charge in [0.15, 0.2) is 31.0 Å². The number of nitrogens with two attached hydrogens (primary N) is 6. The molecule has 0 aliphatic rings. The van der Waals surface area contributed by atoms with E-state index in [0.29, 0.717) is 31.0 Å². The molecule has 12 N–H and O–H groups in total. The van der Waals surface area contributed by atoms with E-state index < -0.39 is 0 Å². The highest BCUT2D eigenvalue weighted by Gasteiger charge is 2.07. The van der Waals surface area contributed by atoms with E-state index in [1.807, 2.05) is 109 Å². The molecule has 0 bridgehead atoms. The van der Waals surface area contributed by atoms with Crippen molar-refractivity contribution in [1.29, 1.82) is 0 Å². The molecule has 102 heavy (non-hydrogen) atoms. The lowest BCUT2D eigenvalue weighted by Gasteiger charge is -2.04. The Labute approximate surface area is 626 Å². The zero-order valence-corrected chi connectivity index (χ0v) is 62.5. The highest BCUT2D eigenvalue weighted by atomic mass is 32.2. The summed E-state index contributed by atoms with van der Waals surface area (Å²) < 4.78 is 0. The number of rotatable bonds is 27. The third-order valence-electron chi connectivity index (χ3n) is 16.4. The molecule has 0 heterocycles. The number of unbranched alkanes of at least 4 members (excludes halogenated alkanes) is 9. The fraction of sp³-hybridized carbons (Fsp3) is 0.214. The fourth-order valence-corrected chi connectivity index (χ4v) is 15.5. The van der Waals surface area contributed by atoms with Crippen LogP contribution in [0.15, 0.2) is 285 Å². The normalized spacial score (nSPS) is 12.5. The van der Waals surface area contributed by atoms with Gasteiger partial charge < -0.3 is 34.4 Å². The van der Waals surface area contributed by atoms with Crippen LogP contribution in [0.3, 0.4) is 0 Å². The van der Waals surface area contributed by atoms with E-state index in [9.17, 15) is 0 Å². The number of hydrogen-bond acceptors (Lipinski definition) is 12. The second-order valence-electron chi connectivity index (χ2n) is 24.2. The van der Waals surface area contributed by atoms with Crippen molar-refractivity contribution in [3.63, 3.8) is 0 Å². The minimum absolute atomic E-state index is 0.602. The molecule has 0 saturated heterocycles. The van der Waals surface area contributed by atoms with E-state index in [1.54, 1.807) is 70.6 Å². The van der Waals surface area contributed by atoms with Crippen LogP contribution in [-0.4, -0.2) is 65.5 Å². The summed E-state index contributed by atoms with van der Waals surface area (Å²) >= 11 is 9.75. The molecule has 522 valence electrons. The number of thioether (sulfide) groups is 6. The zero-order valence-electron chi connectivity index (χ0n) is 57.6. The van der Waals surface area contributed by atoms with Gasteiger partial charge in [-0.15, -0.1) is 0 Å². The van der Waals surface area contributed by atoms with Gasteiger partial charge in [-0.2, -0.15) is 0 Å². The number of benzene rings is 12. The molecule has 0 unspecified atom stereocenters. The van der Waals surface area contributed by atoms with Gasteiger partial charge in [-0.1, -0.05) is 291 Å². The Morgan fingerprint density at radius 2 is 0.314 bits per heavy atom. The maximum absolute atomic E-state index is 6.13. The molecule has 0 spiro atoms. The standard InChI is InChI=1S/C30H34N4S2.C28H30N4S2.C26H26N4S2/c31-29(33-27-17-15-23-11-5-7-13-25(23)21-27)35-19-9-3-1-2-4-10-20-36-30(32)34-28-18-16-24-12-6-8-14-26(24)22-28;29-27(31-25-15-13-21-9-3-5-11-23(21)19-25)33-17-7-1-2-8-18-34-28(30)32-26-16-14-22-10-4-6-12-24(22)20-26;27-25(29-23-13-11-19-7-1-3-9-21(19)17-23)31-15-5-6-16-32-26(28)30-24-14-12-20-8-2-4-10-22(20)18-24/h5-8,11-18,21-22H,1-4,9-10,19-20H2,(H2,31,33)(H2,32,34);3-6,9-16,19-20H,1-2,7-8,17-18H2,(H2,29,31)(H2,30,32);1-4,7-14,17-18H,5-6,15-16H2,(H2,27,29)(H2,28,30). The molecule has 12 rings (SSSR count). The first kappa shape index (κ1) is 75.8. The van der Waals surface area contributed by atoms with Crippen molar-refractivity contribution < 1.29 is 0 Å². The van der Waals surface area contributed by atoms with Gasteiger partial charge >= 0.3 is 0 Å². The topological polar surface area (TPSA) is 230 Å². The van der Waals surface area contributed by atoms with Crippen LogP contribution in [0.25, 0.3) is 64.6 Å². The van der Waals surface area contributed by atoms with Gasteiger partial charge in [0.2, 0.25) is 0 Å². The Morgan fingerprint density at radius 1 is 0.176 bits per heavy atom. The molecule has 12 aromatic rings. The lowest BCUT2D eigenvalue weighted by atomic mass is 10.1. The van der Waals surface area contributed by atoms with Crippen molar-refractivity contribution in [2.24, 2.45) is 64.4 Å². The minimum atomic E-state index is 0.602. The molecule has 12 aromatic carbocycles. The average molecular weight is 1460 g/mol. The highest BCUT2D eigenvalue weighted by Crippen LogP contribution is 2.29. The Kier molecular flexibility index (Phi) is 31.1. The lowest BCUT2D eigenvalue weighted by molar-refractivity contribution is 0.629. The summed E-state index contributed by atoms with van der Waals surface area (Å²) in [6.45, 7) is 0. The maximum atomic E-state index is 6.13. The van der Waals surface area contributed by atoms with Gasteiger partial charge in [0.25, 0.3) is 0 Å². The van der Waals surface area contributed by atoms with Crippen molar-refractivity contribution in [1.82, 2.24) is 0 Å². The number of nitrogens with zero attached hydrogens (tertiary/aromatic N) is 6. The summed E-state index contributed by atoms with van der Waals surface area (Å²) in [4.78, 5) is 27.3. The van der Waals surface area contributed by atoms with E-state index >= 15 is 0 Å².